The molecule has 1 atom stereocenters. The van der Waals surface area contributed by atoms with E-state index in [1.807, 2.05) is 51.1 Å². The fourth-order valence-corrected chi connectivity index (χ4v) is 3.94. The van der Waals surface area contributed by atoms with Crippen molar-refractivity contribution < 1.29 is 24.2 Å². The number of ether oxygens (including phenoxy) is 2. The SMILES string of the molecule is CCOc1ccc(Cl)c(/C(O)=C2\C(=O)C(=O)N(CCCOC(C)C)C2c2ccccc2)c1. The third kappa shape index (κ3) is 5.14. The summed E-state index contributed by atoms with van der Waals surface area (Å²) in [6.07, 6.45) is 0.643. The van der Waals surface area contributed by atoms with Crippen LogP contribution in [0.1, 0.15) is 44.4 Å². The van der Waals surface area contributed by atoms with Gasteiger partial charge in [0.1, 0.15) is 11.5 Å². The Hall–Kier alpha value is -2.83. The van der Waals surface area contributed by atoms with Crippen molar-refractivity contribution in [1.82, 2.24) is 4.90 Å². The van der Waals surface area contributed by atoms with Gasteiger partial charge < -0.3 is 19.5 Å². The Kier molecular flexibility index (Phi) is 7.94. The highest BCUT2D eigenvalue weighted by Crippen LogP contribution is 2.41. The molecule has 1 fully saturated rings. The van der Waals surface area contributed by atoms with Crippen LogP contribution in [0.2, 0.25) is 5.02 Å². The maximum absolute atomic E-state index is 13.1. The van der Waals surface area contributed by atoms with Crippen molar-refractivity contribution in [2.75, 3.05) is 19.8 Å². The third-order valence-electron chi connectivity index (χ3n) is 5.15. The van der Waals surface area contributed by atoms with Gasteiger partial charge >= 0.3 is 0 Å². The predicted molar refractivity (Wildman–Crippen MR) is 124 cm³/mol. The fraction of sp³-hybridized carbons (Fsp3) is 0.360. The van der Waals surface area contributed by atoms with Crippen LogP contribution in [-0.4, -0.2) is 47.6 Å². The molecule has 1 heterocycles. The van der Waals surface area contributed by atoms with Gasteiger partial charge in [0, 0.05) is 18.7 Å². The lowest BCUT2D eigenvalue weighted by Crippen LogP contribution is -2.31. The second-order valence-electron chi connectivity index (χ2n) is 7.75. The van der Waals surface area contributed by atoms with Crippen LogP contribution >= 0.6 is 11.6 Å². The molecule has 1 amide bonds. The highest BCUT2D eigenvalue weighted by molar-refractivity contribution is 6.47. The molecular formula is C25H28ClNO5. The van der Waals surface area contributed by atoms with Crippen LogP contribution in [0.15, 0.2) is 54.1 Å². The van der Waals surface area contributed by atoms with Gasteiger partial charge in [-0.3, -0.25) is 9.59 Å². The molecule has 7 heteroatoms. The van der Waals surface area contributed by atoms with Crippen molar-refractivity contribution in [2.45, 2.75) is 39.3 Å². The van der Waals surface area contributed by atoms with Gasteiger partial charge in [-0.1, -0.05) is 41.9 Å². The molecule has 32 heavy (non-hydrogen) atoms. The van der Waals surface area contributed by atoms with Gasteiger partial charge in [-0.15, -0.1) is 0 Å². The van der Waals surface area contributed by atoms with Crippen LogP contribution in [0, 0.1) is 0 Å². The van der Waals surface area contributed by atoms with E-state index in [-0.39, 0.29) is 28.0 Å². The average Bonchev–Trinajstić information content (AvgIpc) is 3.03. The number of ketones is 1. The summed E-state index contributed by atoms with van der Waals surface area (Å²) in [7, 11) is 0. The number of halogens is 1. The molecule has 1 N–H and O–H groups in total. The standard InChI is InChI=1S/C25H28ClNO5/c1-4-31-18-11-12-20(26)19(15-18)23(28)21-22(17-9-6-5-7-10-17)27(25(30)24(21)29)13-8-14-32-16(2)3/h5-7,9-12,15-16,22,28H,4,8,13-14H2,1-3H3/b23-21+. The molecule has 0 radical (unpaired) electrons. The molecule has 1 aliphatic heterocycles. The van der Waals surface area contributed by atoms with E-state index in [1.165, 1.54) is 4.90 Å². The average molecular weight is 458 g/mol. The van der Waals surface area contributed by atoms with Crippen LogP contribution in [0.25, 0.3) is 5.76 Å². The minimum Gasteiger partial charge on any atom is -0.507 e. The molecule has 3 rings (SSSR count). The van der Waals surface area contributed by atoms with Crippen LogP contribution in [0.4, 0.5) is 0 Å². The predicted octanol–water partition coefficient (Wildman–Crippen LogP) is 4.98. The number of hydrogen-bond acceptors (Lipinski definition) is 5. The summed E-state index contributed by atoms with van der Waals surface area (Å²) < 4.78 is 11.1. The Morgan fingerprint density at radius 3 is 2.53 bits per heavy atom. The van der Waals surface area contributed by atoms with E-state index in [0.717, 1.165) is 5.56 Å². The number of aliphatic hydroxyl groups is 1. The normalized spacial score (nSPS) is 17.9. The molecule has 0 bridgehead atoms. The zero-order valence-corrected chi connectivity index (χ0v) is 19.3. The number of Topliss-reactive ketones (excluding diaryl/α,β-unsaturated/α-hetero) is 1. The van der Waals surface area contributed by atoms with Gasteiger partial charge in [0.05, 0.1) is 29.3 Å². The van der Waals surface area contributed by atoms with Crippen molar-refractivity contribution >= 4 is 29.1 Å². The van der Waals surface area contributed by atoms with Crippen molar-refractivity contribution in [3.05, 3.63) is 70.3 Å². The zero-order chi connectivity index (χ0) is 23.3. The maximum atomic E-state index is 13.1. The summed E-state index contributed by atoms with van der Waals surface area (Å²) in [5.41, 5.74) is 0.997. The first kappa shape index (κ1) is 23.8. The van der Waals surface area contributed by atoms with Crippen LogP contribution in [-0.2, 0) is 14.3 Å². The number of aliphatic hydroxyl groups excluding tert-OH is 1. The number of nitrogens with zero attached hydrogens (tertiary/aromatic N) is 1. The monoisotopic (exact) mass is 457 g/mol. The van der Waals surface area contributed by atoms with E-state index >= 15 is 0 Å². The van der Waals surface area contributed by atoms with Gasteiger partial charge in [0.15, 0.2) is 0 Å². The highest BCUT2D eigenvalue weighted by Gasteiger charge is 2.45. The Morgan fingerprint density at radius 2 is 1.88 bits per heavy atom. The smallest absolute Gasteiger partial charge is 0.295 e. The van der Waals surface area contributed by atoms with Crippen LogP contribution < -0.4 is 4.74 Å². The Labute approximate surface area is 193 Å². The lowest BCUT2D eigenvalue weighted by Gasteiger charge is -2.25. The first-order valence-electron chi connectivity index (χ1n) is 10.7. The van der Waals surface area contributed by atoms with E-state index in [4.69, 9.17) is 21.1 Å². The van der Waals surface area contributed by atoms with Crippen molar-refractivity contribution in [3.8, 4) is 5.75 Å². The first-order valence-corrected chi connectivity index (χ1v) is 11.1. The van der Waals surface area contributed by atoms with Gasteiger partial charge in [0.2, 0.25) is 0 Å². The number of carbonyl (C=O) groups is 2. The molecule has 0 aromatic heterocycles. The van der Waals surface area contributed by atoms with E-state index in [2.05, 4.69) is 0 Å². The van der Waals surface area contributed by atoms with E-state index in [9.17, 15) is 14.7 Å². The van der Waals surface area contributed by atoms with Crippen molar-refractivity contribution in [3.63, 3.8) is 0 Å². The minimum atomic E-state index is -0.737. The van der Waals surface area contributed by atoms with E-state index in [0.29, 0.717) is 31.9 Å². The maximum Gasteiger partial charge on any atom is 0.295 e. The number of rotatable bonds is 9. The number of amides is 1. The number of hydrogen-bond donors (Lipinski definition) is 1. The summed E-state index contributed by atoms with van der Waals surface area (Å²) in [5, 5.41) is 11.4. The topological polar surface area (TPSA) is 76.1 Å². The van der Waals surface area contributed by atoms with E-state index < -0.39 is 17.7 Å². The molecule has 2 aromatic carbocycles. The summed E-state index contributed by atoms with van der Waals surface area (Å²) in [6.45, 7) is 6.95. The molecule has 0 saturated carbocycles. The van der Waals surface area contributed by atoms with E-state index in [1.54, 1.807) is 18.2 Å². The summed E-state index contributed by atoms with van der Waals surface area (Å²) >= 11 is 6.34. The highest BCUT2D eigenvalue weighted by atomic mass is 35.5. The zero-order valence-electron chi connectivity index (χ0n) is 18.5. The van der Waals surface area contributed by atoms with Gasteiger partial charge in [-0.2, -0.15) is 0 Å². The second-order valence-corrected chi connectivity index (χ2v) is 8.16. The number of likely N-dealkylation sites (tertiary alicyclic amines) is 1. The first-order chi connectivity index (χ1) is 15.3. The lowest BCUT2D eigenvalue weighted by molar-refractivity contribution is -0.140. The molecule has 0 spiro atoms. The van der Waals surface area contributed by atoms with Crippen molar-refractivity contribution in [2.24, 2.45) is 0 Å². The largest absolute Gasteiger partial charge is 0.507 e. The molecule has 6 nitrogen and oxygen atoms in total. The van der Waals surface area contributed by atoms with Crippen molar-refractivity contribution in [1.29, 1.82) is 0 Å². The lowest BCUT2D eigenvalue weighted by atomic mass is 9.95. The molecule has 0 aliphatic carbocycles. The summed E-state index contributed by atoms with van der Waals surface area (Å²) in [5.74, 6) is -1.19. The molecular weight excluding hydrogens is 430 g/mol. The van der Waals surface area contributed by atoms with Crippen LogP contribution in [0.3, 0.4) is 0 Å². The third-order valence-corrected chi connectivity index (χ3v) is 5.48. The van der Waals surface area contributed by atoms with Crippen LogP contribution in [0.5, 0.6) is 5.75 Å². The second kappa shape index (κ2) is 10.7. The molecule has 170 valence electrons. The molecule has 1 unspecified atom stereocenters. The molecule has 2 aromatic rings. The molecule has 1 saturated heterocycles. The van der Waals surface area contributed by atoms with Gasteiger partial charge in [0.25, 0.3) is 11.7 Å². The fourth-order valence-electron chi connectivity index (χ4n) is 3.73. The minimum absolute atomic E-state index is 0.0153. The Balaban J connectivity index is 2.05. The van der Waals surface area contributed by atoms with Gasteiger partial charge in [-0.25, -0.2) is 0 Å². The summed E-state index contributed by atoms with van der Waals surface area (Å²) in [4.78, 5) is 27.5. The van der Waals surface area contributed by atoms with Gasteiger partial charge in [-0.05, 0) is 51.0 Å². The Morgan fingerprint density at radius 1 is 1.16 bits per heavy atom. The summed E-state index contributed by atoms with van der Waals surface area (Å²) in [6, 6.07) is 13.3. The Bertz CT molecular complexity index is 1000. The number of benzene rings is 2. The molecule has 1 aliphatic rings. The quantitative estimate of drug-likeness (QED) is 0.249. The number of carbonyl (C=O) groups excluding carboxylic acids is 2.